The van der Waals surface area contributed by atoms with E-state index in [2.05, 4.69) is 25.6 Å². The van der Waals surface area contributed by atoms with E-state index in [1.54, 1.807) is 0 Å². The van der Waals surface area contributed by atoms with Gasteiger partial charge in [-0.3, -0.25) is 0 Å². The molecule has 0 fully saturated rings. The molecule has 1 heterocycles. The van der Waals surface area contributed by atoms with Crippen molar-refractivity contribution in [3.05, 3.63) is 29.8 Å². The van der Waals surface area contributed by atoms with E-state index in [1.807, 2.05) is 6.92 Å². The monoisotopic (exact) mass is 295 g/mol. The van der Waals surface area contributed by atoms with Crippen molar-refractivity contribution >= 4 is 17.6 Å². The largest absolute Gasteiger partial charge is 0.467 e. The van der Waals surface area contributed by atoms with E-state index in [0.29, 0.717) is 6.54 Å². The predicted molar refractivity (Wildman–Crippen MR) is 74.8 cm³/mol. The molecule has 0 amide bonds. The van der Waals surface area contributed by atoms with E-state index < -0.39 is 11.6 Å². The van der Waals surface area contributed by atoms with Crippen molar-refractivity contribution in [3.63, 3.8) is 0 Å². The number of hydrogen-bond donors (Lipinski definition) is 2. The zero-order valence-corrected chi connectivity index (χ0v) is 11.7. The lowest BCUT2D eigenvalue weighted by Crippen LogP contribution is -2.09. The standard InChI is InChI=1S/C13H15F2N5O/c1-3-7-16-11-18-12(20-13(19-11)21-2)17-10-8(14)5-4-6-9(10)15/h4-6H,3,7H2,1-2H3,(H2,16,17,18,19,20). The van der Waals surface area contributed by atoms with Gasteiger partial charge in [-0.25, -0.2) is 8.78 Å². The number of nitrogens with one attached hydrogen (secondary N) is 2. The number of ether oxygens (including phenoxy) is 1. The number of anilines is 3. The van der Waals surface area contributed by atoms with Crippen LogP contribution in [0.5, 0.6) is 6.01 Å². The molecule has 0 aliphatic rings. The Morgan fingerprint density at radius 1 is 1.10 bits per heavy atom. The maximum Gasteiger partial charge on any atom is 0.322 e. The molecule has 1 aromatic heterocycles. The highest BCUT2D eigenvalue weighted by atomic mass is 19.1. The molecule has 2 aromatic rings. The molecule has 0 aliphatic heterocycles. The number of aromatic nitrogens is 3. The summed E-state index contributed by atoms with van der Waals surface area (Å²) >= 11 is 0. The van der Waals surface area contributed by atoms with E-state index in [4.69, 9.17) is 4.74 Å². The second-order valence-corrected chi connectivity index (χ2v) is 4.12. The first-order valence-electron chi connectivity index (χ1n) is 6.39. The number of hydrogen-bond acceptors (Lipinski definition) is 6. The van der Waals surface area contributed by atoms with Crippen LogP contribution in [0.2, 0.25) is 0 Å². The van der Waals surface area contributed by atoms with E-state index in [0.717, 1.165) is 18.6 Å². The summed E-state index contributed by atoms with van der Waals surface area (Å²) in [4.78, 5) is 11.9. The molecule has 0 radical (unpaired) electrons. The summed E-state index contributed by atoms with van der Waals surface area (Å²) in [7, 11) is 1.40. The Bertz CT molecular complexity index is 603. The number of nitrogens with zero attached hydrogens (tertiary/aromatic N) is 3. The van der Waals surface area contributed by atoms with Gasteiger partial charge in [-0.2, -0.15) is 15.0 Å². The fourth-order valence-electron chi connectivity index (χ4n) is 1.55. The molecule has 0 saturated heterocycles. The van der Waals surface area contributed by atoms with Gasteiger partial charge in [-0.1, -0.05) is 13.0 Å². The van der Waals surface area contributed by atoms with Crippen molar-refractivity contribution < 1.29 is 13.5 Å². The maximum absolute atomic E-state index is 13.6. The molecule has 0 aliphatic carbocycles. The minimum atomic E-state index is -0.738. The number of halogens is 2. The first kappa shape index (κ1) is 14.9. The molecule has 0 unspecified atom stereocenters. The summed E-state index contributed by atoms with van der Waals surface area (Å²) in [6.45, 7) is 2.64. The van der Waals surface area contributed by atoms with Crippen LogP contribution in [0.1, 0.15) is 13.3 Å². The van der Waals surface area contributed by atoms with E-state index in [-0.39, 0.29) is 23.6 Å². The van der Waals surface area contributed by atoms with Crippen molar-refractivity contribution in [1.29, 1.82) is 0 Å². The van der Waals surface area contributed by atoms with Crippen molar-refractivity contribution in [3.8, 4) is 6.01 Å². The van der Waals surface area contributed by atoms with Gasteiger partial charge in [0.05, 0.1) is 7.11 Å². The molecule has 0 saturated carbocycles. The third-order valence-corrected chi connectivity index (χ3v) is 2.53. The van der Waals surface area contributed by atoms with Gasteiger partial charge >= 0.3 is 6.01 Å². The predicted octanol–water partition coefficient (Wildman–Crippen LogP) is 2.72. The highest BCUT2D eigenvalue weighted by Gasteiger charge is 2.12. The lowest BCUT2D eigenvalue weighted by atomic mass is 10.3. The van der Waals surface area contributed by atoms with Crippen LogP contribution in [-0.4, -0.2) is 28.6 Å². The van der Waals surface area contributed by atoms with Crippen LogP contribution in [-0.2, 0) is 0 Å². The number of benzene rings is 1. The minimum Gasteiger partial charge on any atom is -0.467 e. The Hall–Kier alpha value is -2.51. The summed E-state index contributed by atoms with van der Waals surface area (Å²) < 4.78 is 32.1. The summed E-state index contributed by atoms with van der Waals surface area (Å²) in [6, 6.07) is 3.60. The van der Waals surface area contributed by atoms with Crippen molar-refractivity contribution in [1.82, 2.24) is 15.0 Å². The van der Waals surface area contributed by atoms with Crippen LogP contribution in [0.3, 0.4) is 0 Å². The summed E-state index contributed by atoms with van der Waals surface area (Å²) in [5, 5.41) is 5.45. The molecule has 21 heavy (non-hydrogen) atoms. The van der Waals surface area contributed by atoms with Gasteiger partial charge < -0.3 is 15.4 Å². The molecule has 2 N–H and O–H groups in total. The quantitative estimate of drug-likeness (QED) is 0.853. The molecule has 0 atom stereocenters. The molecule has 2 rings (SSSR count). The van der Waals surface area contributed by atoms with Crippen LogP contribution in [0.15, 0.2) is 18.2 Å². The first-order valence-corrected chi connectivity index (χ1v) is 6.39. The molecule has 1 aromatic carbocycles. The van der Waals surface area contributed by atoms with Crippen LogP contribution >= 0.6 is 0 Å². The molecule has 6 nitrogen and oxygen atoms in total. The van der Waals surface area contributed by atoms with Gasteiger partial charge in [0, 0.05) is 6.54 Å². The Morgan fingerprint density at radius 2 is 1.76 bits per heavy atom. The molecular weight excluding hydrogens is 280 g/mol. The zero-order valence-electron chi connectivity index (χ0n) is 11.7. The van der Waals surface area contributed by atoms with Crippen LogP contribution in [0, 0.1) is 11.6 Å². The smallest absolute Gasteiger partial charge is 0.322 e. The fraction of sp³-hybridized carbons (Fsp3) is 0.308. The Labute approximate surface area is 120 Å². The second-order valence-electron chi connectivity index (χ2n) is 4.12. The first-order chi connectivity index (χ1) is 10.1. The van der Waals surface area contributed by atoms with Gasteiger partial charge in [0.2, 0.25) is 11.9 Å². The summed E-state index contributed by atoms with van der Waals surface area (Å²) in [5.74, 6) is -1.22. The highest BCUT2D eigenvalue weighted by molar-refractivity contribution is 5.56. The normalized spacial score (nSPS) is 10.3. The highest BCUT2D eigenvalue weighted by Crippen LogP contribution is 2.22. The van der Waals surface area contributed by atoms with Gasteiger partial charge in [0.15, 0.2) is 0 Å². The van der Waals surface area contributed by atoms with Crippen LogP contribution in [0.25, 0.3) is 0 Å². The van der Waals surface area contributed by atoms with Gasteiger partial charge in [-0.15, -0.1) is 0 Å². The molecule has 0 bridgehead atoms. The average molecular weight is 295 g/mol. The lowest BCUT2D eigenvalue weighted by molar-refractivity contribution is 0.379. The molecular formula is C13H15F2N5O. The molecule has 0 spiro atoms. The number of rotatable bonds is 6. The van der Waals surface area contributed by atoms with E-state index in [9.17, 15) is 8.78 Å². The minimum absolute atomic E-state index is 0.00977. The summed E-state index contributed by atoms with van der Waals surface area (Å²) in [6.07, 6.45) is 0.874. The maximum atomic E-state index is 13.6. The molecule has 112 valence electrons. The number of para-hydroxylation sites is 1. The van der Waals surface area contributed by atoms with Crippen molar-refractivity contribution in [2.24, 2.45) is 0 Å². The van der Waals surface area contributed by atoms with E-state index >= 15 is 0 Å². The summed E-state index contributed by atoms with van der Waals surface area (Å²) in [5.41, 5.74) is -0.327. The van der Waals surface area contributed by atoms with E-state index in [1.165, 1.54) is 13.2 Å². The van der Waals surface area contributed by atoms with Crippen LogP contribution in [0.4, 0.5) is 26.4 Å². The SMILES string of the molecule is CCCNc1nc(Nc2c(F)cccc2F)nc(OC)n1. The third kappa shape index (κ3) is 3.74. The van der Waals surface area contributed by atoms with Gasteiger partial charge in [0.1, 0.15) is 17.3 Å². The second kappa shape index (κ2) is 6.78. The molecule has 8 heteroatoms. The Balaban J connectivity index is 2.30. The Kier molecular flexibility index (Phi) is 4.81. The fourth-order valence-corrected chi connectivity index (χ4v) is 1.55. The van der Waals surface area contributed by atoms with Gasteiger partial charge in [0.25, 0.3) is 0 Å². The van der Waals surface area contributed by atoms with Gasteiger partial charge in [-0.05, 0) is 18.6 Å². The van der Waals surface area contributed by atoms with Crippen molar-refractivity contribution in [2.75, 3.05) is 24.3 Å². The third-order valence-electron chi connectivity index (χ3n) is 2.53. The zero-order chi connectivity index (χ0) is 15.2. The van der Waals surface area contributed by atoms with Crippen LogP contribution < -0.4 is 15.4 Å². The number of methoxy groups -OCH3 is 1. The topological polar surface area (TPSA) is 72.0 Å². The lowest BCUT2D eigenvalue weighted by Gasteiger charge is -2.10. The average Bonchev–Trinajstić information content (AvgIpc) is 2.49. The van der Waals surface area contributed by atoms with Crippen molar-refractivity contribution in [2.45, 2.75) is 13.3 Å². The Morgan fingerprint density at radius 3 is 2.38 bits per heavy atom.